The quantitative estimate of drug-likeness (QED) is 0.807. The number of carbonyl (C=O) groups is 2. The molecule has 1 saturated carbocycles. The van der Waals surface area contributed by atoms with Gasteiger partial charge in [0, 0.05) is 13.0 Å². The first kappa shape index (κ1) is 18.6. The third-order valence-electron chi connectivity index (χ3n) is 5.45. The maximum absolute atomic E-state index is 13.3. The van der Waals surface area contributed by atoms with Gasteiger partial charge in [-0.3, -0.25) is 9.59 Å². The normalized spacial score (nSPS) is 21.6. The minimum Gasteiger partial charge on any atom is -0.375 e. The predicted molar refractivity (Wildman–Crippen MR) is 102 cm³/mol. The van der Waals surface area contributed by atoms with Crippen LogP contribution >= 0.6 is 0 Å². The number of amides is 2. The first-order chi connectivity index (χ1) is 13.6. The van der Waals surface area contributed by atoms with Crippen LogP contribution in [0, 0.1) is 11.7 Å². The van der Waals surface area contributed by atoms with Crippen molar-refractivity contribution in [3.05, 3.63) is 71.0 Å². The summed E-state index contributed by atoms with van der Waals surface area (Å²) < 4.78 is 19.0. The number of benzene rings is 2. The van der Waals surface area contributed by atoms with Crippen molar-refractivity contribution in [3.63, 3.8) is 0 Å². The van der Waals surface area contributed by atoms with Crippen LogP contribution in [0.25, 0.3) is 0 Å². The van der Waals surface area contributed by atoms with E-state index in [9.17, 15) is 14.0 Å². The van der Waals surface area contributed by atoms with Gasteiger partial charge in [0.1, 0.15) is 18.0 Å². The van der Waals surface area contributed by atoms with Crippen molar-refractivity contribution >= 4 is 11.8 Å². The molecule has 2 aromatic carbocycles. The summed E-state index contributed by atoms with van der Waals surface area (Å²) in [4.78, 5) is 25.4. The molecule has 0 spiro atoms. The monoisotopic (exact) mass is 382 g/mol. The van der Waals surface area contributed by atoms with Gasteiger partial charge in [-0.25, -0.2) is 4.39 Å². The number of halogens is 1. The Balaban J connectivity index is 1.53. The molecule has 2 N–H and O–H groups in total. The van der Waals surface area contributed by atoms with Crippen LogP contribution in [0.3, 0.4) is 0 Å². The fourth-order valence-electron chi connectivity index (χ4n) is 3.80. The van der Waals surface area contributed by atoms with E-state index in [4.69, 9.17) is 4.74 Å². The summed E-state index contributed by atoms with van der Waals surface area (Å²) in [5.41, 5.74) is 2.76. The van der Waals surface area contributed by atoms with Gasteiger partial charge in [0.05, 0.1) is 6.04 Å². The molecule has 0 radical (unpaired) electrons. The lowest BCUT2D eigenvalue weighted by Gasteiger charge is -2.25. The maximum Gasteiger partial charge on any atom is 0.247 e. The molecule has 0 unspecified atom stereocenters. The third kappa shape index (κ3) is 3.78. The molecule has 146 valence electrons. The maximum atomic E-state index is 13.3. The number of fused-ring (bicyclic) bond motifs is 1. The lowest BCUT2D eigenvalue weighted by atomic mass is 10.0. The van der Waals surface area contributed by atoms with E-state index in [2.05, 4.69) is 10.6 Å². The molecular formula is C22H23FN2O3. The molecule has 0 aliphatic heterocycles. The number of rotatable bonds is 6. The number of hydrogen-bond donors (Lipinski definition) is 2. The largest absolute Gasteiger partial charge is 0.375 e. The van der Waals surface area contributed by atoms with E-state index in [-0.39, 0.29) is 35.7 Å². The van der Waals surface area contributed by atoms with Crippen LogP contribution in [0.2, 0.25) is 0 Å². The van der Waals surface area contributed by atoms with Crippen LogP contribution in [0.5, 0.6) is 0 Å². The summed E-state index contributed by atoms with van der Waals surface area (Å²) in [6.45, 7) is 0. The first-order valence-electron chi connectivity index (χ1n) is 9.53. The van der Waals surface area contributed by atoms with Gasteiger partial charge in [-0.15, -0.1) is 0 Å². The highest BCUT2D eigenvalue weighted by atomic mass is 19.1. The summed E-state index contributed by atoms with van der Waals surface area (Å²) >= 11 is 0. The first-order valence-corrected chi connectivity index (χ1v) is 9.53. The zero-order valence-electron chi connectivity index (χ0n) is 15.7. The van der Waals surface area contributed by atoms with Crippen LogP contribution in [-0.4, -0.2) is 25.0 Å². The van der Waals surface area contributed by atoms with Crippen molar-refractivity contribution < 1.29 is 18.7 Å². The Kier molecular flexibility index (Phi) is 5.13. The van der Waals surface area contributed by atoms with Crippen LogP contribution in [0.4, 0.5) is 4.39 Å². The Morgan fingerprint density at radius 1 is 1.11 bits per heavy atom. The number of hydrogen-bond acceptors (Lipinski definition) is 3. The van der Waals surface area contributed by atoms with Crippen molar-refractivity contribution in [2.75, 3.05) is 7.11 Å². The molecule has 0 bridgehead atoms. The predicted octanol–water partition coefficient (Wildman–Crippen LogP) is 2.82. The molecule has 0 saturated heterocycles. The molecule has 2 amide bonds. The molecule has 4 rings (SSSR count). The van der Waals surface area contributed by atoms with E-state index < -0.39 is 6.04 Å². The van der Waals surface area contributed by atoms with Crippen molar-refractivity contribution in [2.45, 2.75) is 37.5 Å². The summed E-state index contributed by atoms with van der Waals surface area (Å²) in [6.07, 6.45) is 2.10. The van der Waals surface area contributed by atoms with Gasteiger partial charge >= 0.3 is 0 Å². The fourth-order valence-corrected chi connectivity index (χ4v) is 3.80. The summed E-state index contributed by atoms with van der Waals surface area (Å²) in [7, 11) is 1.62. The molecule has 5 nitrogen and oxygen atoms in total. The zero-order valence-corrected chi connectivity index (χ0v) is 15.7. The Morgan fingerprint density at radius 2 is 1.82 bits per heavy atom. The van der Waals surface area contributed by atoms with E-state index in [1.165, 1.54) is 24.3 Å². The van der Waals surface area contributed by atoms with E-state index in [1.807, 2.05) is 24.3 Å². The second-order valence-corrected chi connectivity index (χ2v) is 7.44. The SMILES string of the molecule is CO[C@@H]1c2ccccc2C[C@H]1NC(=O)[C@@H](NC(=O)C1CC1)c1ccc(F)cc1. The lowest BCUT2D eigenvalue weighted by Crippen LogP contribution is -2.46. The minimum atomic E-state index is -0.866. The molecule has 3 atom stereocenters. The van der Waals surface area contributed by atoms with Gasteiger partial charge in [0.25, 0.3) is 0 Å². The minimum absolute atomic E-state index is 0.0294. The van der Waals surface area contributed by atoms with Gasteiger partial charge in [-0.2, -0.15) is 0 Å². The van der Waals surface area contributed by atoms with Crippen LogP contribution in [0.15, 0.2) is 48.5 Å². The highest BCUT2D eigenvalue weighted by Gasteiger charge is 2.37. The average Bonchev–Trinajstić information content (AvgIpc) is 3.48. The van der Waals surface area contributed by atoms with Crippen LogP contribution < -0.4 is 10.6 Å². The summed E-state index contributed by atoms with van der Waals surface area (Å²) in [6, 6.07) is 12.5. The Bertz CT molecular complexity index is 880. The fraction of sp³-hybridized carbons (Fsp3) is 0.364. The Morgan fingerprint density at radius 3 is 2.50 bits per heavy atom. The standard InChI is InChI=1S/C22H23FN2O3/c1-28-20-17-5-3-2-4-15(17)12-18(20)24-22(27)19(25-21(26)14-6-7-14)13-8-10-16(23)11-9-13/h2-5,8-11,14,18-20H,6-7,12H2,1H3,(H,24,27)(H,25,26)/t18-,19+,20-/m1/s1. The van der Waals surface area contributed by atoms with Crippen LogP contribution in [0.1, 0.15) is 41.7 Å². The third-order valence-corrected chi connectivity index (χ3v) is 5.45. The Labute approximate surface area is 163 Å². The van der Waals surface area contributed by atoms with Gasteiger partial charge in [0.2, 0.25) is 11.8 Å². The van der Waals surface area contributed by atoms with Crippen molar-refractivity contribution in [3.8, 4) is 0 Å². The lowest BCUT2D eigenvalue weighted by molar-refractivity contribution is -0.130. The number of ether oxygens (including phenoxy) is 1. The Hall–Kier alpha value is -2.73. The molecule has 2 aromatic rings. The molecule has 0 aromatic heterocycles. The number of carbonyl (C=O) groups excluding carboxylic acids is 2. The van der Waals surface area contributed by atoms with Gasteiger partial charge < -0.3 is 15.4 Å². The number of methoxy groups -OCH3 is 1. The van der Waals surface area contributed by atoms with Crippen molar-refractivity contribution in [2.24, 2.45) is 5.92 Å². The van der Waals surface area contributed by atoms with Crippen LogP contribution in [-0.2, 0) is 20.7 Å². The number of nitrogens with one attached hydrogen (secondary N) is 2. The summed E-state index contributed by atoms with van der Waals surface area (Å²) in [5.74, 6) is -0.872. The second kappa shape index (κ2) is 7.72. The zero-order chi connectivity index (χ0) is 19.7. The second-order valence-electron chi connectivity index (χ2n) is 7.44. The summed E-state index contributed by atoms with van der Waals surface area (Å²) in [5, 5.41) is 5.86. The van der Waals surface area contributed by atoms with Crippen molar-refractivity contribution in [1.29, 1.82) is 0 Å². The van der Waals surface area contributed by atoms with E-state index in [1.54, 1.807) is 7.11 Å². The molecule has 2 aliphatic rings. The smallest absolute Gasteiger partial charge is 0.247 e. The highest BCUT2D eigenvalue weighted by molar-refractivity contribution is 5.90. The molecule has 28 heavy (non-hydrogen) atoms. The van der Waals surface area contributed by atoms with E-state index in [0.717, 1.165) is 24.0 Å². The molecule has 0 heterocycles. The van der Waals surface area contributed by atoms with Gasteiger partial charge in [-0.1, -0.05) is 36.4 Å². The highest BCUT2D eigenvalue weighted by Crippen LogP contribution is 2.34. The topological polar surface area (TPSA) is 67.4 Å². The molecule has 2 aliphatic carbocycles. The van der Waals surface area contributed by atoms with E-state index in [0.29, 0.717) is 12.0 Å². The van der Waals surface area contributed by atoms with Gasteiger partial charge in [-0.05, 0) is 48.1 Å². The van der Waals surface area contributed by atoms with Crippen molar-refractivity contribution in [1.82, 2.24) is 10.6 Å². The molecule has 6 heteroatoms. The molecule has 1 fully saturated rings. The van der Waals surface area contributed by atoms with Gasteiger partial charge in [0.15, 0.2) is 0 Å². The van der Waals surface area contributed by atoms with E-state index >= 15 is 0 Å². The molecular weight excluding hydrogens is 359 g/mol. The average molecular weight is 382 g/mol.